The van der Waals surface area contributed by atoms with Gasteiger partial charge in [0.25, 0.3) is 0 Å². The Morgan fingerprint density at radius 3 is 2.70 bits per heavy atom. The largest absolute Gasteiger partial charge is 0.417 e. The predicted molar refractivity (Wildman–Crippen MR) is 92.9 cm³/mol. The second-order valence-corrected chi connectivity index (χ2v) is 7.89. The van der Waals surface area contributed by atoms with E-state index in [1.54, 1.807) is 0 Å². The quantitative estimate of drug-likeness (QED) is 0.695. The molecule has 2 N–H and O–H groups in total. The van der Waals surface area contributed by atoms with Crippen LogP contribution in [0.5, 0.6) is 0 Å². The van der Waals surface area contributed by atoms with Gasteiger partial charge < -0.3 is 9.73 Å². The molecule has 1 aromatic heterocycles. The van der Waals surface area contributed by atoms with Crippen LogP contribution in [-0.4, -0.2) is 36.7 Å². The Morgan fingerprint density at radius 1 is 1.15 bits per heavy atom. The molecule has 1 atom stereocenters. The number of carbonyl (C=O) groups is 1. The van der Waals surface area contributed by atoms with E-state index >= 15 is 0 Å². The van der Waals surface area contributed by atoms with Crippen molar-refractivity contribution in [3.63, 3.8) is 0 Å². The molecule has 2 heterocycles. The van der Waals surface area contributed by atoms with Gasteiger partial charge in [0, 0.05) is 24.7 Å². The summed E-state index contributed by atoms with van der Waals surface area (Å²) < 4.78 is 46.5. The molecule has 0 radical (unpaired) electrons. The summed E-state index contributed by atoms with van der Waals surface area (Å²) in [6.07, 6.45) is 0. The van der Waals surface area contributed by atoms with E-state index in [1.807, 2.05) is 0 Å². The molecule has 1 amide bonds. The molecule has 0 saturated carbocycles. The van der Waals surface area contributed by atoms with Crippen molar-refractivity contribution in [2.45, 2.75) is 10.9 Å². The molecule has 1 unspecified atom stereocenters. The average molecular weight is 391 g/mol. The van der Waals surface area contributed by atoms with Gasteiger partial charge in [-0.15, -0.1) is 0 Å². The van der Waals surface area contributed by atoms with Crippen LogP contribution < -0.4 is 11.1 Å². The number of hydrogen-bond donors (Lipinski definition) is 2. The van der Waals surface area contributed by atoms with E-state index in [9.17, 15) is 22.4 Å². The summed E-state index contributed by atoms with van der Waals surface area (Å²) in [7, 11) is -4.16. The van der Waals surface area contributed by atoms with Gasteiger partial charge in [-0.3, -0.25) is 9.78 Å². The Kier molecular flexibility index (Phi) is 4.08. The maximum Gasteiger partial charge on any atom is 0.417 e. The van der Waals surface area contributed by atoms with Crippen LogP contribution in [0.2, 0.25) is 0 Å². The topological polar surface area (TPSA) is 112 Å². The van der Waals surface area contributed by atoms with Crippen molar-refractivity contribution in [2.75, 3.05) is 13.1 Å². The lowest BCUT2D eigenvalue weighted by atomic mass is 10.0. The first-order valence-electron chi connectivity index (χ1n) is 8.05. The zero-order valence-electron chi connectivity index (χ0n) is 13.8. The summed E-state index contributed by atoms with van der Waals surface area (Å²) >= 11 is 0. The van der Waals surface area contributed by atoms with Gasteiger partial charge in [-0.2, -0.15) is 4.31 Å². The van der Waals surface area contributed by atoms with Gasteiger partial charge in [-0.25, -0.2) is 17.6 Å². The molecule has 8 nitrogen and oxygen atoms in total. The van der Waals surface area contributed by atoms with Crippen molar-refractivity contribution in [3.8, 4) is 0 Å². The van der Waals surface area contributed by atoms with Gasteiger partial charge in [-0.1, -0.05) is 18.2 Å². The van der Waals surface area contributed by atoms with E-state index in [2.05, 4.69) is 10.3 Å². The van der Waals surface area contributed by atoms with E-state index in [4.69, 9.17) is 4.42 Å². The molecule has 140 valence electrons. The van der Waals surface area contributed by atoms with Crippen LogP contribution in [-0.2, 0) is 14.8 Å². The number of fused-ring (bicyclic) bond motifs is 1. The summed E-state index contributed by atoms with van der Waals surface area (Å²) in [5.74, 6) is -1.99. The monoisotopic (exact) mass is 391 g/mol. The molecule has 10 heteroatoms. The number of H-pyrrole nitrogens is 1. The normalized spacial score (nSPS) is 18.6. The lowest BCUT2D eigenvalue weighted by Gasteiger charge is -2.34. The van der Waals surface area contributed by atoms with Crippen molar-refractivity contribution in [1.29, 1.82) is 0 Å². The van der Waals surface area contributed by atoms with E-state index in [0.717, 1.165) is 4.31 Å². The van der Waals surface area contributed by atoms with Crippen LogP contribution in [0.3, 0.4) is 0 Å². The van der Waals surface area contributed by atoms with Crippen LogP contribution in [0.1, 0.15) is 11.6 Å². The number of aromatic nitrogens is 1. The highest BCUT2D eigenvalue weighted by atomic mass is 32.2. The van der Waals surface area contributed by atoms with Crippen LogP contribution >= 0.6 is 0 Å². The Labute approximate surface area is 152 Å². The summed E-state index contributed by atoms with van der Waals surface area (Å²) in [4.78, 5) is 26.0. The molecule has 1 aliphatic rings. The second-order valence-electron chi connectivity index (χ2n) is 6.00. The summed E-state index contributed by atoms with van der Waals surface area (Å²) in [6, 6.07) is 8.10. The van der Waals surface area contributed by atoms with Gasteiger partial charge in [-0.05, 0) is 18.2 Å². The Bertz CT molecular complexity index is 1200. The molecule has 1 fully saturated rings. The third-order valence-electron chi connectivity index (χ3n) is 4.37. The molecule has 1 aliphatic heterocycles. The number of nitrogens with one attached hydrogen (secondary N) is 2. The lowest BCUT2D eigenvalue weighted by Crippen LogP contribution is -2.52. The van der Waals surface area contributed by atoms with Gasteiger partial charge >= 0.3 is 5.76 Å². The number of rotatable bonds is 3. The number of oxazole rings is 1. The number of benzene rings is 2. The Morgan fingerprint density at radius 2 is 1.93 bits per heavy atom. The molecule has 0 spiro atoms. The van der Waals surface area contributed by atoms with Crippen LogP contribution in [0.4, 0.5) is 4.39 Å². The highest BCUT2D eigenvalue weighted by Gasteiger charge is 2.40. The van der Waals surface area contributed by atoms with E-state index in [0.29, 0.717) is 5.52 Å². The molecular weight excluding hydrogens is 377 g/mol. The third kappa shape index (κ3) is 2.92. The van der Waals surface area contributed by atoms with Crippen molar-refractivity contribution in [1.82, 2.24) is 14.6 Å². The van der Waals surface area contributed by atoms with Gasteiger partial charge in [0.15, 0.2) is 5.58 Å². The van der Waals surface area contributed by atoms with Crippen LogP contribution in [0, 0.1) is 5.82 Å². The first-order chi connectivity index (χ1) is 12.9. The molecule has 27 heavy (non-hydrogen) atoms. The minimum Gasteiger partial charge on any atom is -0.408 e. The number of nitrogens with zero attached hydrogens (tertiary/aromatic N) is 1. The molecule has 4 rings (SSSR count). The average Bonchev–Trinajstić information content (AvgIpc) is 3.01. The van der Waals surface area contributed by atoms with Gasteiger partial charge in [0.05, 0.1) is 10.4 Å². The number of sulfonamides is 1. The lowest BCUT2D eigenvalue weighted by molar-refractivity contribution is -0.127. The third-order valence-corrected chi connectivity index (χ3v) is 6.23. The van der Waals surface area contributed by atoms with Crippen molar-refractivity contribution in [2.24, 2.45) is 0 Å². The van der Waals surface area contributed by atoms with Crippen LogP contribution in [0.25, 0.3) is 11.1 Å². The fourth-order valence-corrected chi connectivity index (χ4v) is 4.70. The standard InChI is InChI=1S/C17H14FN3O5S/c18-12-4-2-1-3-11(12)15-16(22)19-7-8-21(15)27(24,25)10-5-6-13-14(9-10)26-17(23)20-13/h1-6,9,15H,7-8H2,(H,19,22)(H,20,23). The maximum absolute atomic E-state index is 14.3. The minimum atomic E-state index is -4.16. The summed E-state index contributed by atoms with van der Waals surface area (Å²) in [6.45, 7) is 0.0761. The van der Waals surface area contributed by atoms with Gasteiger partial charge in [0.2, 0.25) is 15.9 Å². The number of halogens is 1. The molecule has 1 saturated heterocycles. The number of piperazine rings is 1. The Hall–Kier alpha value is -2.98. The number of hydrogen-bond acceptors (Lipinski definition) is 5. The molecular formula is C17H14FN3O5S. The number of carbonyl (C=O) groups excluding carboxylic acids is 1. The first-order valence-corrected chi connectivity index (χ1v) is 9.49. The molecule has 0 bridgehead atoms. The molecule has 3 aromatic rings. The predicted octanol–water partition coefficient (Wildman–Crippen LogP) is 1.12. The number of amides is 1. The molecule has 2 aromatic carbocycles. The highest BCUT2D eigenvalue weighted by molar-refractivity contribution is 7.89. The first kappa shape index (κ1) is 17.4. The van der Waals surface area contributed by atoms with E-state index in [-0.39, 0.29) is 29.1 Å². The Balaban J connectivity index is 1.83. The highest BCUT2D eigenvalue weighted by Crippen LogP contribution is 2.31. The fourth-order valence-electron chi connectivity index (χ4n) is 3.12. The summed E-state index contributed by atoms with van der Waals surface area (Å²) in [5, 5.41) is 2.57. The smallest absolute Gasteiger partial charge is 0.408 e. The van der Waals surface area contributed by atoms with E-state index in [1.165, 1.54) is 42.5 Å². The second kappa shape index (κ2) is 6.32. The maximum atomic E-state index is 14.3. The summed E-state index contributed by atoms with van der Waals surface area (Å²) in [5.41, 5.74) is 0.387. The van der Waals surface area contributed by atoms with Crippen molar-refractivity contribution < 1.29 is 22.0 Å². The zero-order valence-corrected chi connectivity index (χ0v) is 14.6. The van der Waals surface area contributed by atoms with Gasteiger partial charge in [0.1, 0.15) is 11.9 Å². The molecule has 0 aliphatic carbocycles. The van der Waals surface area contributed by atoms with E-state index < -0.39 is 33.5 Å². The number of aromatic amines is 1. The van der Waals surface area contributed by atoms with Crippen molar-refractivity contribution >= 4 is 27.0 Å². The zero-order chi connectivity index (χ0) is 19.2. The SMILES string of the molecule is O=C1NCCN(S(=O)(=O)c2ccc3[nH]c(=O)oc3c2)C1c1ccccc1F. The fraction of sp³-hybridized carbons (Fsp3) is 0.176. The van der Waals surface area contributed by atoms with Crippen molar-refractivity contribution in [3.05, 3.63) is 64.4 Å². The van der Waals surface area contributed by atoms with Crippen LogP contribution in [0.15, 0.2) is 56.6 Å². The minimum absolute atomic E-state index is 0.0256.